The van der Waals surface area contributed by atoms with E-state index in [9.17, 15) is 4.79 Å². The van der Waals surface area contributed by atoms with E-state index in [2.05, 4.69) is 45.0 Å². The zero-order valence-electron chi connectivity index (χ0n) is 10.6. The molecule has 86 valence electrons. The van der Waals surface area contributed by atoms with E-state index in [4.69, 9.17) is 0 Å². The molecule has 0 radical (unpaired) electrons. The number of carbonyl (C=O) groups excluding carboxylic acids is 1. The van der Waals surface area contributed by atoms with Crippen molar-refractivity contribution in [2.24, 2.45) is 0 Å². The van der Waals surface area contributed by atoms with Gasteiger partial charge in [-0.1, -0.05) is 52.0 Å². The lowest BCUT2D eigenvalue weighted by Crippen LogP contribution is -2.10. The molecule has 0 spiro atoms. The van der Waals surface area contributed by atoms with Crippen LogP contribution in [0.3, 0.4) is 0 Å². The van der Waals surface area contributed by atoms with Crippen molar-refractivity contribution < 1.29 is 4.79 Å². The Bertz CT molecular complexity index is 377. The van der Waals surface area contributed by atoms with E-state index in [0.29, 0.717) is 0 Å². The second kappa shape index (κ2) is 5.11. The highest BCUT2D eigenvalue weighted by Crippen LogP contribution is 2.22. The van der Waals surface area contributed by atoms with Crippen LogP contribution >= 0.6 is 0 Å². The first kappa shape index (κ1) is 12.7. The van der Waals surface area contributed by atoms with Crippen LogP contribution in [0.15, 0.2) is 29.8 Å². The Morgan fingerprint density at radius 1 is 1.19 bits per heavy atom. The summed E-state index contributed by atoms with van der Waals surface area (Å²) in [6, 6.07) is 8.40. The molecule has 0 amide bonds. The average Bonchev–Trinajstić information content (AvgIpc) is 2.25. The third-order valence-corrected chi connectivity index (χ3v) is 2.69. The summed E-state index contributed by atoms with van der Waals surface area (Å²) >= 11 is 0. The van der Waals surface area contributed by atoms with Crippen molar-refractivity contribution in [1.82, 2.24) is 0 Å². The molecule has 1 rings (SSSR count). The van der Waals surface area contributed by atoms with Crippen molar-refractivity contribution in [3.05, 3.63) is 41.0 Å². The molecule has 0 heterocycles. The van der Waals surface area contributed by atoms with E-state index in [1.54, 1.807) is 0 Å². The lowest BCUT2D eigenvalue weighted by Gasteiger charge is -2.18. The predicted octanol–water partition coefficient (Wildman–Crippen LogP) is 3.98. The Morgan fingerprint density at radius 2 is 1.75 bits per heavy atom. The molecule has 0 aliphatic carbocycles. The topological polar surface area (TPSA) is 17.1 Å². The molecule has 0 unspecified atom stereocenters. The summed E-state index contributed by atoms with van der Waals surface area (Å²) in [5, 5.41) is 0. The van der Waals surface area contributed by atoms with Gasteiger partial charge in [0.25, 0.3) is 0 Å². The van der Waals surface area contributed by atoms with Crippen molar-refractivity contribution in [2.45, 2.75) is 39.5 Å². The zero-order chi connectivity index (χ0) is 12.2. The normalized spacial score (nSPS) is 12.6. The summed E-state index contributed by atoms with van der Waals surface area (Å²) in [6.45, 7) is 8.58. The van der Waals surface area contributed by atoms with Gasteiger partial charge in [0, 0.05) is 0 Å². The average molecular weight is 216 g/mol. The molecule has 1 aromatic carbocycles. The maximum Gasteiger partial charge on any atom is 0.146 e. The molecule has 0 bridgehead atoms. The maximum absolute atomic E-state index is 10.7. The SMILES string of the molecule is CCC(C=O)=Cc1ccc(C(C)(C)C)cc1. The molecule has 0 aromatic heterocycles. The molecule has 0 saturated heterocycles. The summed E-state index contributed by atoms with van der Waals surface area (Å²) in [5.41, 5.74) is 3.43. The minimum Gasteiger partial charge on any atom is -0.298 e. The minimum atomic E-state index is 0.181. The van der Waals surface area contributed by atoms with Gasteiger partial charge in [0.15, 0.2) is 0 Å². The van der Waals surface area contributed by atoms with Gasteiger partial charge >= 0.3 is 0 Å². The predicted molar refractivity (Wildman–Crippen MR) is 69.5 cm³/mol. The molecule has 0 aliphatic rings. The van der Waals surface area contributed by atoms with Crippen LogP contribution in [0.1, 0.15) is 45.2 Å². The summed E-state index contributed by atoms with van der Waals surface area (Å²) in [4.78, 5) is 10.7. The molecule has 1 aromatic rings. The van der Waals surface area contributed by atoms with Crippen LogP contribution in [-0.2, 0) is 10.2 Å². The first-order valence-electron chi connectivity index (χ1n) is 5.73. The van der Waals surface area contributed by atoms with E-state index < -0.39 is 0 Å². The number of hydrogen-bond donors (Lipinski definition) is 0. The van der Waals surface area contributed by atoms with Crippen molar-refractivity contribution in [3.8, 4) is 0 Å². The molecule has 1 heteroatoms. The first-order chi connectivity index (χ1) is 7.47. The second-order valence-corrected chi connectivity index (χ2v) is 5.06. The third kappa shape index (κ3) is 3.34. The lowest BCUT2D eigenvalue weighted by atomic mass is 9.86. The van der Waals surface area contributed by atoms with Gasteiger partial charge in [0.05, 0.1) is 0 Å². The van der Waals surface area contributed by atoms with Gasteiger partial charge in [0.1, 0.15) is 6.29 Å². The molecular weight excluding hydrogens is 196 g/mol. The van der Waals surface area contributed by atoms with E-state index in [1.807, 2.05) is 13.0 Å². The molecule has 0 N–H and O–H groups in total. The van der Waals surface area contributed by atoms with Crippen LogP contribution in [0.2, 0.25) is 0 Å². The summed E-state index contributed by atoms with van der Waals surface area (Å²) in [7, 11) is 0. The Labute approximate surface area is 98.2 Å². The smallest absolute Gasteiger partial charge is 0.146 e. The van der Waals surface area contributed by atoms with Crippen molar-refractivity contribution in [1.29, 1.82) is 0 Å². The fourth-order valence-electron chi connectivity index (χ4n) is 1.51. The Hall–Kier alpha value is -1.37. The highest BCUT2D eigenvalue weighted by molar-refractivity contribution is 5.81. The molecule has 0 atom stereocenters. The summed E-state index contributed by atoms with van der Waals surface area (Å²) in [5.74, 6) is 0. The molecule has 0 saturated carbocycles. The third-order valence-electron chi connectivity index (χ3n) is 2.69. The molecule has 0 aliphatic heterocycles. The standard InChI is InChI=1S/C15H20O/c1-5-12(11-16)10-13-6-8-14(9-7-13)15(2,3)4/h6-11H,5H2,1-4H3. The van der Waals surface area contributed by atoms with Gasteiger partial charge in [-0.25, -0.2) is 0 Å². The van der Waals surface area contributed by atoms with Gasteiger partial charge in [-0.3, -0.25) is 4.79 Å². The fraction of sp³-hybridized carbons (Fsp3) is 0.400. The van der Waals surface area contributed by atoms with Gasteiger partial charge in [-0.2, -0.15) is 0 Å². The first-order valence-corrected chi connectivity index (χ1v) is 5.73. The Morgan fingerprint density at radius 3 is 2.12 bits per heavy atom. The quantitative estimate of drug-likeness (QED) is 0.552. The zero-order valence-corrected chi connectivity index (χ0v) is 10.6. The molecule has 1 nitrogen and oxygen atoms in total. The number of aldehydes is 1. The van der Waals surface area contributed by atoms with Crippen molar-refractivity contribution in [2.75, 3.05) is 0 Å². The second-order valence-electron chi connectivity index (χ2n) is 5.06. The number of allylic oxidation sites excluding steroid dienone is 1. The summed E-state index contributed by atoms with van der Waals surface area (Å²) in [6.07, 6.45) is 3.65. The van der Waals surface area contributed by atoms with E-state index in [-0.39, 0.29) is 5.41 Å². The van der Waals surface area contributed by atoms with E-state index in [1.165, 1.54) is 5.56 Å². The Balaban J connectivity index is 2.96. The van der Waals surface area contributed by atoms with Crippen molar-refractivity contribution >= 4 is 12.4 Å². The van der Waals surface area contributed by atoms with Crippen LogP contribution in [0.4, 0.5) is 0 Å². The Kier molecular flexibility index (Phi) is 4.05. The maximum atomic E-state index is 10.7. The van der Waals surface area contributed by atoms with E-state index >= 15 is 0 Å². The van der Waals surface area contributed by atoms with Gasteiger partial charge in [-0.15, -0.1) is 0 Å². The fourth-order valence-corrected chi connectivity index (χ4v) is 1.51. The number of benzene rings is 1. The van der Waals surface area contributed by atoms with Gasteiger partial charge in [0.2, 0.25) is 0 Å². The summed E-state index contributed by atoms with van der Waals surface area (Å²) < 4.78 is 0. The van der Waals surface area contributed by atoms with E-state index in [0.717, 1.165) is 23.8 Å². The minimum absolute atomic E-state index is 0.181. The van der Waals surface area contributed by atoms with Gasteiger partial charge in [-0.05, 0) is 34.6 Å². The number of carbonyl (C=O) groups is 1. The van der Waals surface area contributed by atoms with Crippen LogP contribution < -0.4 is 0 Å². The number of hydrogen-bond acceptors (Lipinski definition) is 1. The highest BCUT2D eigenvalue weighted by atomic mass is 16.1. The monoisotopic (exact) mass is 216 g/mol. The van der Waals surface area contributed by atoms with Crippen LogP contribution in [0.25, 0.3) is 6.08 Å². The molecular formula is C15H20O. The largest absolute Gasteiger partial charge is 0.298 e. The van der Waals surface area contributed by atoms with Gasteiger partial charge < -0.3 is 0 Å². The molecule has 16 heavy (non-hydrogen) atoms. The van der Waals surface area contributed by atoms with Crippen LogP contribution in [-0.4, -0.2) is 6.29 Å². The van der Waals surface area contributed by atoms with Crippen LogP contribution in [0, 0.1) is 0 Å². The highest BCUT2D eigenvalue weighted by Gasteiger charge is 2.12. The molecule has 0 fully saturated rings. The number of rotatable bonds is 3. The lowest BCUT2D eigenvalue weighted by molar-refractivity contribution is -0.104. The van der Waals surface area contributed by atoms with Crippen LogP contribution in [0.5, 0.6) is 0 Å². The van der Waals surface area contributed by atoms with Crippen molar-refractivity contribution in [3.63, 3.8) is 0 Å².